The van der Waals surface area contributed by atoms with Gasteiger partial charge in [-0.15, -0.1) is 0 Å². The van der Waals surface area contributed by atoms with E-state index in [0.29, 0.717) is 0 Å². The van der Waals surface area contributed by atoms with E-state index in [1.165, 1.54) is 0 Å². The van der Waals surface area contributed by atoms with E-state index in [1.54, 1.807) is 0 Å². The highest BCUT2D eigenvalue weighted by Crippen LogP contribution is 2.29. The van der Waals surface area contributed by atoms with Crippen molar-refractivity contribution in [3.8, 4) is 0 Å². The molecule has 0 spiro atoms. The molecule has 1 saturated heterocycles. The molecule has 1 aromatic rings. The van der Waals surface area contributed by atoms with Crippen LogP contribution in [0.1, 0.15) is 6.23 Å². The highest BCUT2D eigenvalue weighted by Gasteiger charge is 2.45. The van der Waals surface area contributed by atoms with Gasteiger partial charge in [0.05, 0.1) is 6.61 Å². The fraction of sp³-hybridized carbons (Fsp3) is 0.556. The molecule has 0 aromatic carbocycles. The number of rotatable bonds is 2. The van der Waals surface area contributed by atoms with Crippen molar-refractivity contribution >= 4 is 0 Å². The number of nitrogens with one attached hydrogen (secondary N) is 1. The van der Waals surface area contributed by atoms with Crippen LogP contribution in [0.4, 0.5) is 4.39 Å². The Labute approximate surface area is 94.1 Å². The van der Waals surface area contributed by atoms with Crippen molar-refractivity contribution < 1.29 is 19.3 Å². The third kappa shape index (κ3) is 2.02. The molecule has 94 valence electrons. The number of halogens is 1. The first-order valence-electron chi connectivity index (χ1n) is 4.94. The molecule has 1 aliphatic heterocycles. The van der Waals surface area contributed by atoms with Gasteiger partial charge in [0.2, 0.25) is 0 Å². The summed E-state index contributed by atoms with van der Waals surface area (Å²) in [4.78, 5) is 24.2. The fourth-order valence-electron chi connectivity index (χ4n) is 1.71. The quantitative estimate of drug-likeness (QED) is 0.567. The average molecular weight is 246 g/mol. The molecule has 0 aliphatic carbocycles. The molecular formula is C9H11FN2O5. The molecule has 1 aliphatic rings. The summed E-state index contributed by atoms with van der Waals surface area (Å²) in [6.07, 6.45) is -4.71. The van der Waals surface area contributed by atoms with Gasteiger partial charge in [0.15, 0.2) is 12.4 Å². The summed E-state index contributed by atoms with van der Waals surface area (Å²) in [6, 6.07) is 1.05. The van der Waals surface area contributed by atoms with E-state index in [2.05, 4.69) is 0 Å². The minimum absolute atomic E-state index is 0.603. The van der Waals surface area contributed by atoms with Crippen LogP contribution >= 0.6 is 0 Å². The second-order valence-corrected chi connectivity index (χ2v) is 3.70. The Balaban J connectivity index is 2.35. The van der Waals surface area contributed by atoms with Gasteiger partial charge < -0.3 is 14.9 Å². The number of aliphatic hydroxyl groups is 2. The van der Waals surface area contributed by atoms with Crippen LogP contribution in [0.3, 0.4) is 0 Å². The monoisotopic (exact) mass is 246 g/mol. The smallest absolute Gasteiger partial charge is 0.330 e. The Bertz CT molecular complexity index is 513. The van der Waals surface area contributed by atoms with Gasteiger partial charge >= 0.3 is 5.69 Å². The number of nitrogens with zero attached hydrogens (tertiary/aromatic N) is 1. The summed E-state index contributed by atoms with van der Waals surface area (Å²) in [5.41, 5.74) is -1.42. The standard InChI is InChI=1S/C9H11FN2O5/c10-6-4(3-13)17-8(7(6)15)12-2-1-5(14)11-9(12)16/h1-2,4,6-8,13,15H,3H2,(H,11,14,16)/t4-,6+,7-,8-/m1/s1. The van der Waals surface area contributed by atoms with Crippen molar-refractivity contribution in [3.05, 3.63) is 33.1 Å². The van der Waals surface area contributed by atoms with Crippen LogP contribution in [0.15, 0.2) is 21.9 Å². The third-order valence-corrected chi connectivity index (χ3v) is 2.59. The number of aromatic nitrogens is 2. The molecule has 3 N–H and O–H groups in total. The first-order valence-corrected chi connectivity index (χ1v) is 4.94. The SMILES string of the molecule is O=c1ccn([C@@H]2O[C@H](CO)[C@H](F)[C@H]2O)c(=O)[nH]1. The molecule has 0 saturated carbocycles. The van der Waals surface area contributed by atoms with Crippen molar-refractivity contribution in [2.75, 3.05) is 6.61 Å². The van der Waals surface area contributed by atoms with E-state index >= 15 is 0 Å². The molecule has 17 heavy (non-hydrogen) atoms. The summed E-state index contributed by atoms with van der Waals surface area (Å²) >= 11 is 0. The zero-order chi connectivity index (χ0) is 12.6. The molecule has 2 rings (SSSR count). The van der Waals surface area contributed by atoms with Gasteiger partial charge in [0.25, 0.3) is 5.56 Å². The van der Waals surface area contributed by atoms with Gasteiger partial charge in [-0.25, -0.2) is 9.18 Å². The number of aliphatic hydroxyl groups excluding tert-OH is 2. The maximum absolute atomic E-state index is 13.4. The van der Waals surface area contributed by atoms with E-state index < -0.39 is 42.5 Å². The van der Waals surface area contributed by atoms with Crippen LogP contribution in [0.2, 0.25) is 0 Å². The molecular weight excluding hydrogens is 235 g/mol. The van der Waals surface area contributed by atoms with Crippen LogP contribution in [-0.4, -0.2) is 44.8 Å². The number of ether oxygens (including phenoxy) is 1. The third-order valence-electron chi connectivity index (χ3n) is 2.59. The van der Waals surface area contributed by atoms with Gasteiger partial charge in [-0.1, -0.05) is 0 Å². The second-order valence-electron chi connectivity index (χ2n) is 3.70. The lowest BCUT2D eigenvalue weighted by Gasteiger charge is -2.16. The topological polar surface area (TPSA) is 105 Å². The lowest BCUT2D eigenvalue weighted by atomic mass is 10.1. The van der Waals surface area contributed by atoms with Crippen molar-refractivity contribution in [1.29, 1.82) is 0 Å². The highest BCUT2D eigenvalue weighted by atomic mass is 19.1. The van der Waals surface area contributed by atoms with E-state index in [4.69, 9.17) is 9.84 Å². The van der Waals surface area contributed by atoms with E-state index in [-0.39, 0.29) is 0 Å². The van der Waals surface area contributed by atoms with Crippen LogP contribution in [0.5, 0.6) is 0 Å². The summed E-state index contributed by atoms with van der Waals surface area (Å²) in [6.45, 7) is -0.604. The van der Waals surface area contributed by atoms with Gasteiger partial charge in [-0.05, 0) is 0 Å². The molecule has 0 bridgehead atoms. The van der Waals surface area contributed by atoms with E-state index in [9.17, 15) is 19.1 Å². The highest BCUT2D eigenvalue weighted by molar-refractivity contribution is 4.93. The largest absolute Gasteiger partial charge is 0.394 e. The number of hydrogen-bond acceptors (Lipinski definition) is 5. The summed E-state index contributed by atoms with van der Waals surface area (Å²) in [7, 11) is 0. The summed E-state index contributed by atoms with van der Waals surface area (Å²) < 4.78 is 19.3. The number of alkyl halides is 1. The second kappa shape index (κ2) is 4.40. The molecule has 1 aromatic heterocycles. The zero-order valence-electron chi connectivity index (χ0n) is 8.62. The molecule has 0 amide bonds. The van der Waals surface area contributed by atoms with E-state index in [0.717, 1.165) is 16.8 Å². The Morgan fingerprint density at radius 2 is 2.24 bits per heavy atom. The predicted octanol–water partition coefficient (Wildman–Crippen LogP) is -1.87. The first kappa shape index (κ1) is 12.0. The molecule has 8 heteroatoms. The maximum Gasteiger partial charge on any atom is 0.330 e. The van der Waals surface area contributed by atoms with Crippen molar-refractivity contribution in [2.24, 2.45) is 0 Å². The Hall–Kier alpha value is -1.51. The number of H-pyrrole nitrogens is 1. The molecule has 0 unspecified atom stereocenters. The molecule has 2 heterocycles. The normalized spacial score (nSPS) is 32.9. The number of aromatic amines is 1. The van der Waals surface area contributed by atoms with Gasteiger partial charge in [0.1, 0.15) is 12.2 Å². The van der Waals surface area contributed by atoms with Gasteiger partial charge in [-0.2, -0.15) is 0 Å². The zero-order valence-corrected chi connectivity index (χ0v) is 8.62. The summed E-state index contributed by atoms with van der Waals surface area (Å²) in [5.74, 6) is 0. The minimum Gasteiger partial charge on any atom is -0.394 e. The number of hydrogen-bond donors (Lipinski definition) is 3. The van der Waals surface area contributed by atoms with Crippen LogP contribution in [0, 0.1) is 0 Å². The average Bonchev–Trinajstić information content (AvgIpc) is 2.57. The molecule has 0 radical (unpaired) electrons. The Morgan fingerprint density at radius 1 is 1.53 bits per heavy atom. The van der Waals surface area contributed by atoms with Crippen LogP contribution in [-0.2, 0) is 4.74 Å². The molecule has 1 fully saturated rings. The maximum atomic E-state index is 13.4. The predicted molar refractivity (Wildman–Crippen MR) is 53.2 cm³/mol. The lowest BCUT2D eigenvalue weighted by molar-refractivity contribution is -0.0537. The van der Waals surface area contributed by atoms with Gasteiger partial charge in [0, 0.05) is 12.3 Å². The Morgan fingerprint density at radius 3 is 2.76 bits per heavy atom. The molecule has 4 atom stereocenters. The van der Waals surface area contributed by atoms with E-state index in [1.807, 2.05) is 4.98 Å². The first-order chi connectivity index (χ1) is 8.04. The Kier molecular flexibility index (Phi) is 3.09. The van der Waals surface area contributed by atoms with Crippen LogP contribution in [0.25, 0.3) is 0 Å². The lowest BCUT2D eigenvalue weighted by Crippen LogP contribution is -2.36. The van der Waals surface area contributed by atoms with Crippen LogP contribution < -0.4 is 11.2 Å². The van der Waals surface area contributed by atoms with Crippen molar-refractivity contribution in [2.45, 2.75) is 24.6 Å². The van der Waals surface area contributed by atoms with Crippen molar-refractivity contribution in [3.63, 3.8) is 0 Å². The minimum atomic E-state index is -1.79. The molecule has 7 nitrogen and oxygen atoms in total. The summed E-state index contributed by atoms with van der Waals surface area (Å²) in [5, 5.41) is 18.4. The van der Waals surface area contributed by atoms with Gasteiger partial charge in [-0.3, -0.25) is 14.3 Å². The van der Waals surface area contributed by atoms with Crippen molar-refractivity contribution in [1.82, 2.24) is 9.55 Å². The fourth-order valence-corrected chi connectivity index (χ4v) is 1.71.